The maximum atomic E-state index is 4.37. The van der Waals surface area contributed by atoms with Crippen LogP contribution in [0.25, 0.3) is 0 Å². The molecule has 0 radical (unpaired) electrons. The fourth-order valence-corrected chi connectivity index (χ4v) is 3.79. The van der Waals surface area contributed by atoms with Crippen molar-refractivity contribution in [1.29, 1.82) is 0 Å². The minimum Gasteiger partial charge on any atom is -0.370 e. The summed E-state index contributed by atoms with van der Waals surface area (Å²) in [5.41, 5.74) is 0. The molecule has 0 bridgehead atoms. The molecule has 1 N–H and O–H groups in total. The second kappa shape index (κ2) is 7.38. The Morgan fingerprint density at radius 3 is 3.10 bits per heavy atom. The van der Waals surface area contributed by atoms with Crippen LogP contribution in [-0.4, -0.2) is 29.5 Å². The zero-order valence-electron chi connectivity index (χ0n) is 12.0. The number of anilines is 1. The van der Waals surface area contributed by atoms with Crippen molar-refractivity contribution in [2.75, 3.05) is 25.0 Å². The second-order valence-electron chi connectivity index (χ2n) is 5.57. The molecule has 5 heteroatoms. The summed E-state index contributed by atoms with van der Waals surface area (Å²) in [5, 5.41) is 5.63. The largest absolute Gasteiger partial charge is 0.370 e. The van der Waals surface area contributed by atoms with E-state index < -0.39 is 0 Å². The van der Waals surface area contributed by atoms with Gasteiger partial charge in [0.2, 0.25) is 0 Å². The van der Waals surface area contributed by atoms with Gasteiger partial charge in [0.05, 0.1) is 0 Å². The summed E-state index contributed by atoms with van der Waals surface area (Å²) in [6.07, 6.45) is 4.45. The summed E-state index contributed by atoms with van der Waals surface area (Å²) >= 11 is 5.27. The maximum Gasteiger partial charge on any atom is 0.125 e. The molecule has 1 aliphatic heterocycles. The van der Waals surface area contributed by atoms with E-state index in [1.54, 1.807) is 0 Å². The molecule has 0 amide bonds. The van der Waals surface area contributed by atoms with Gasteiger partial charge in [0, 0.05) is 35.2 Å². The van der Waals surface area contributed by atoms with Gasteiger partial charge in [-0.3, -0.25) is 4.90 Å². The quantitative estimate of drug-likeness (QED) is 0.858. The van der Waals surface area contributed by atoms with Crippen LogP contribution in [0.15, 0.2) is 40.3 Å². The van der Waals surface area contributed by atoms with E-state index in [0.717, 1.165) is 23.4 Å². The summed E-state index contributed by atoms with van der Waals surface area (Å²) in [5.74, 6) is 1.68. The van der Waals surface area contributed by atoms with E-state index in [4.69, 9.17) is 0 Å². The average molecular weight is 366 g/mol. The summed E-state index contributed by atoms with van der Waals surface area (Å²) in [4.78, 5) is 8.42. The van der Waals surface area contributed by atoms with Gasteiger partial charge in [0.1, 0.15) is 5.82 Å². The highest BCUT2D eigenvalue weighted by molar-refractivity contribution is 9.10. The van der Waals surface area contributed by atoms with Gasteiger partial charge in [-0.05, 0) is 64.8 Å². The van der Waals surface area contributed by atoms with Crippen LogP contribution in [0.2, 0.25) is 0 Å². The molecule has 2 aromatic rings. The number of hydrogen-bond acceptors (Lipinski definition) is 4. The van der Waals surface area contributed by atoms with Gasteiger partial charge < -0.3 is 5.32 Å². The fraction of sp³-hybridized carbons (Fsp3) is 0.438. The molecule has 3 heterocycles. The van der Waals surface area contributed by atoms with E-state index in [1.165, 1.54) is 30.8 Å². The Kier molecular flexibility index (Phi) is 5.27. The SMILES string of the molecule is Brc1ccc(NCC2CCCN(Cc3cccs3)C2)nc1. The third-order valence-electron chi connectivity index (χ3n) is 3.86. The van der Waals surface area contributed by atoms with Crippen LogP contribution in [-0.2, 0) is 6.54 Å². The van der Waals surface area contributed by atoms with Crippen molar-refractivity contribution in [3.05, 3.63) is 45.2 Å². The van der Waals surface area contributed by atoms with Crippen molar-refractivity contribution in [2.24, 2.45) is 5.92 Å². The maximum absolute atomic E-state index is 4.37. The van der Waals surface area contributed by atoms with E-state index in [0.29, 0.717) is 5.92 Å². The summed E-state index contributed by atoms with van der Waals surface area (Å²) in [7, 11) is 0. The zero-order chi connectivity index (χ0) is 14.5. The number of rotatable bonds is 5. The van der Waals surface area contributed by atoms with E-state index in [2.05, 4.69) is 48.6 Å². The summed E-state index contributed by atoms with van der Waals surface area (Å²) < 4.78 is 1.02. The van der Waals surface area contributed by atoms with E-state index in [-0.39, 0.29) is 0 Å². The molecule has 1 saturated heterocycles. The average Bonchev–Trinajstić information content (AvgIpc) is 3.00. The Morgan fingerprint density at radius 2 is 2.33 bits per heavy atom. The molecule has 21 heavy (non-hydrogen) atoms. The van der Waals surface area contributed by atoms with Crippen molar-refractivity contribution < 1.29 is 0 Å². The minimum atomic E-state index is 0.712. The number of aromatic nitrogens is 1. The highest BCUT2D eigenvalue weighted by Crippen LogP contribution is 2.21. The first-order valence-corrected chi connectivity index (χ1v) is 9.07. The zero-order valence-corrected chi connectivity index (χ0v) is 14.4. The topological polar surface area (TPSA) is 28.2 Å². The van der Waals surface area contributed by atoms with Crippen LogP contribution in [0.3, 0.4) is 0 Å². The molecule has 0 aromatic carbocycles. The lowest BCUT2D eigenvalue weighted by Gasteiger charge is -2.32. The van der Waals surface area contributed by atoms with Gasteiger partial charge in [-0.2, -0.15) is 0 Å². The van der Waals surface area contributed by atoms with Crippen molar-refractivity contribution in [1.82, 2.24) is 9.88 Å². The number of hydrogen-bond donors (Lipinski definition) is 1. The van der Waals surface area contributed by atoms with Crippen LogP contribution in [0, 0.1) is 5.92 Å². The van der Waals surface area contributed by atoms with E-state index >= 15 is 0 Å². The predicted octanol–water partition coefficient (Wildman–Crippen LogP) is 4.23. The third-order valence-corrected chi connectivity index (χ3v) is 5.19. The van der Waals surface area contributed by atoms with Crippen LogP contribution >= 0.6 is 27.3 Å². The van der Waals surface area contributed by atoms with Gasteiger partial charge in [0.25, 0.3) is 0 Å². The number of thiophene rings is 1. The molecular formula is C16H20BrN3S. The van der Waals surface area contributed by atoms with Gasteiger partial charge in [-0.1, -0.05) is 6.07 Å². The standard InChI is InChI=1S/C16H20BrN3S/c17-14-5-6-16(19-10-14)18-9-13-3-1-7-20(11-13)12-15-4-2-8-21-15/h2,4-6,8,10,13H,1,3,7,9,11-12H2,(H,18,19). The van der Waals surface area contributed by atoms with Gasteiger partial charge >= 0.3 is 0 Å². The molecule has 1 fully saturated rings. The monoisotopic (exact) mass is 365 g/mol. The molecule has 2 aromatic heterocycles. The second-order valence-corrected chi connectivity index (χ2v) is 7.51. The Morgan fingerprint density at radius 1 is 1.38 bits per heavy atom. The highest BCUT2D eigenvalue weighted by atomic mass is 79.9. The summed E-state index contributed by atoms with van der Waals surface area (Å²) in [6, 6.07) is 8.43. The molecule has 3 nitrogen and oxygen atoms in total. The van der Waals surface area contributed by atoms with Crippen LogP contribution in [0.4, 0.5) is 5.82 Å². The third kappa shape index (κ3) is 4.53. The smallest absolute Gasteiger partial charge is 0.125 e. The fourth-order valence-electron chi connectivity index (χ4n) is 2.81. The number of piperidine rings is 1. The lowest BCUT2D eigenvalue weighted by Crippen LogP contribution is -2.37. The van der Waals surface area contributed by atoms with Gasteiger partial charge in [0.15, 0.2) is 0 Å². The van der Waals surface area contributed by atoms with Crippen LogP contribution in [0.1, 0.15) is 17.7 Å². The van der Waals surface area contributed by atoms with Gasteiger partial charge in [-0.15, -0.1) is 11.3 Å². The molecule has 0 aliphatic carbocycles. The Labute approximate surface area is 138 Å². The normalized spacial score (nSPS) is 19.6. The molecule has 1 atom stereocenters. The molecule has 1 unspecified atom stereocenters. The van der Waals surface area contributed by atoms with Crippen molar-refractivity contribution in [3.63, 3.8) is 0 Å². The lowest BCUT2D eigenvalue weighted by atomic mass is 9.98. The first-order valence-electron chi connectivity index (χ1n) is 7.40. The molecule has 0 saturated carbocycles. The molecule has 1 aliphatic rings. The first kappa shape index (κ1) is 15.0. The Balaban J connectivity index is 1.48. The number of halogens is 1. The number of nitrogens with one attached hydrogen (secondary N) is 1. The van der Waals surface area contributed by atoms with Gasteiger partial charge in [-0.25, -0.2) is 4.98 Å². The van der Waals surface area contributed by atoms with Crippen LogP contribution in [0.5, 0.6) is 0 Å². The summed E-state index contributed by atoms with van der Waals surface area (Å²) in [6.45, 7) is 4.52. The van der Waals surface area contributed by atoms with Crippen molar-refractivity contribution in [2.45, 2.75) is 19.4 Å². The molecule has 0 spiro atoms. The lowest BCUT2D eigenvalue weighted by molar-refractivity contribution is 0.174. The van der Waals surface area contributed by atoms with E-state index in [1.807, 2.05) is 29.7 Å². The first-order chi connectivity index (χ1) is 10.3. The Bertz CT molecular complexity index is 541. The highest BCUT2D eigenvalue weighted by Gasteiger charge is 2.20. The number of likely N-dealkylation sites (tertiary alicyclic amines) is 1. The molecular weight excluding hydrogens is 346 g/mol. The predicted molar refractivity (Wildman–Crippen MR) is 92.7 cm³/mol. The minimum absolute atomic E-state index is 0.712. The van der Waals surface area contributed by atoms with E-state index in [9.17, 15) is 0 Å². The number of pyridine rings is 1. The van der Waals surface area contributed by atoms with Crippen molar-refractivity contribution in [3.8, 4) is 0 Å². The number of nitrogens with zero attached hydrogens (tertiary/aromatic N) is 2. The Hall–Kier alpha value is -0.910. The van der Waals surface area contributed by atoms with Crippen molar-refractivity contribution >= 4 is 33.1 Å². The van der Waals surface area contributed by atoms with Crippen LogP contribution < -0.4 is 5.32 Å². The molecule has 3 rings (SSSR count). The molecule has 112 valence electrons.